The third-order valence-corrected chi connectivity index (χ3v) is 1.39. The summed E-state index contributed by atoms with van der Waals surface area (Å²) in [5, 5.41) is 0. The van der Waals surface area contributed by atoms with E-state index in [0.717, 1.165) is 12.1 Å². The number of halogens is 1. The Labute approximate surface area is 60.3 Å². The number of hydrogen-bond donors (Lipinski definition) is 1. The van der Waals surface area contributed by atoms with Gasteiger partial charge in [-0.2, -0.15) is 0 Å². The van der Waals surface area contributed by atoms with Crippen molar-refractivity contribution in [2.75, 3.05) is 0 Å². The number of aromatic nitrogens is 1. The number of rotatable bonds is 2. The van der Waals surface area contributed by atoms with Gasteiger partial charge in [0.15, 0.2) is 0 Å². The van der Waals surface area contributed by atoms with Gasteiger partial charge in [-0.15, -0.1) is 0 Å². The number of nitrogens with one attached hydrogen (secondary N) is 1. The van der Waals surface area contributed by atoms with Crippen LogP contribution >= 0.6 is 0 Å². The summed E-state index contributed by atoms with van der Waals surface area (Å²) < 4.78 is 12.7. The molecule has 10 heavy (non-hydrogen) atoms. The Morgan fingerprint density at radius 3 is 2.70 bits per heavy atom. The van der Waals surface area contributed by atoms with Crippen LogP contribution in [-0.2, 0) is 6.42 Å². The lowest BCUT2D eigenvalue weighted by Gasteiger charge is -2.00. The van der Waals surface area contributed by atoms with Crippen LogP contribution in [0.25, 0.3) is 0 Å². The molecule has 0 radical (unpaired) electrons. The lowest BCUT2D eigenvalue weighted by atomic mass is 10.1. The lowest BCUT2D eigenvalue weighted by Crippen LogP contribution is -1.95. The van der Waals surface area contributed by atoms with Crippen LogP contribution in [0.4, 0.5) is 4.39 Å². The van der Waals surface area contributed by atoms with E-state index in [1.165, 1.54) is 6.07 Å². The Morgan fingerprint density at radius 2 is 2.30 bits per heavy atom. The second-order valence-electron chi connectivity index (χ2n) is 2.90. The molecule has 0 unspecified atom stereocenters. The van der Waals surface area contributed by atoms with Crippen molar-refractivity contribution in [2.24, 2.45) is 5.92 Å². The molecule has 2 heteroatoms. The highest BCUT2D eigenvalue weighted by atomic mass is 19.1. The highest BCUT2D eigenvalue weighted by Gasteiger charge is 2.03. The third kappa shape index (κ3) is 1.59. The van der Waals surface area contributed by atoms with Crippen molar-refractivity contribution >= 4 is 0 Å². The standard InChI is InChI=1S/C8H12FN/c1-6(2)5-8-7(9)3-4-10-8/h3-4,6,10H,5H2,1-2H3. The van der Waals surface area contributed by atoms with Crippen LogP contribution in [0, 0.1) is 11.7 Å². The van der Waals surface area contributed by atoms with Crippen LogP contribution in [0.5, 0.6) is 0 Å². The molecule has 0 atom stereocenters. The van der Waals surface area contributed by atoms with Gasteiger partial charge in [-0.25, -0.2) is 4.39 Å². The molecule has 1 rings (SSSR count). The minimum Gasteiger partial charge on any atom is -0.363 e. The summed E-state index contributed by atoms with van der Waals surface area (Å²) in [5.41, 5.74) is 0.718. The van der Waals surface area contributed by atoms with Gasteiger partial charge in [0.05, 0.1) is 5.69 Å². The van der Waals surface area contributed by atoms with E-state index < -0.39 is 0 Å². The van der Waals surface area contributed by atoms with Gasteiger partial charge in [-0.3, -0.25) is 0 Å². The zero-order valence-corrected chi connectivity index (χ0v) is 6.32. The molecule has 1 aromatic heterocycles. The second-order valence-corrected chi connectivity index (χ2v) is 2.90. The summed E-state index contributed by atoms with van der Waals surface area (Å²) in [6.45, 7) is 4.14. The van der Waals surface area contributed by atoms with E-state index in [0.29, 0.717) is 5.92 Å². The van der Waals surface area contributed by atoms with E-state index in [2.05, 4.69) is 18.8 Å². The lowest BCUT2D eigenvalue weighted by molar-refractivity contribution is 0.570. The van der Waals surface area contributed by atoms with Gasteiger partial charge in [-0.1, -0.05) is 13.8 Å². The molecule has 0 spiro atoms. The SMILES string of the molecule is CC(C)Cc1[nH]ccc1F. The van der Waals surface area contributed by atoms with E-state index in [9.17, 15) is 4.39 Å². The zero-order valence-electron chi connectivity index (χ0n) is 6.32. The topological polar surface area (TPSA) is 15.8 Å². The van der Waals surface area contributed by atoms with E-state index in [4.69, 9.17) is 0 Å². The molecular weight excluding hydrogens is 129 g/mol. The van der Waals surface area contributed by atoms with Crippen molar-refractivity contribution < 1.29 is 4.39 Å². The van der Waals surface area contributed by atoms with Gasteiger partial charge in [0, 0.05) is 6.20 Å². The van der Waals surface area contributed by atoms with Crippen molar-refractivity contribution in [1.82, 2.24) is 4.98 Å². The maximum atomic E-state index is 12.7. The fraction of sp³-hybridized carbons (Fsp3) is 0.500. The van der Waals surface area contributed by atoms with E-state index in [-0.39, 0.29) is 5.82 Å². The van der Waals surface area contributed by atoms with Crippen LogP contribution in [0.1, 0.15) is 19.5 Å². The number of aromatic amines is 1. The monoisotopic (exact) mass is 141 g/mol. The molecule has 0 amide bonds. The van der Waals surface area contributed by atoms with Gasteiger partial charge < -0.3 is 4.98 Å². The van der Waals surface area contributed by atoms with Gasteiger partial charge in [0.25, 0.3) is 0 Å². The number of H-pyrrole nitrogens is 1. The van der Waals surface area contributed by atoms with Crippen LogP contribution in [0.2, 0.25) is 0 Å². The Bertz CT molecular complexity index is 203. The molecular formula is C8H12FN. The highest BCUT2D eigenvalue weighted by molar-refractivity contribution is 5.07. The van der Waals surface area contributed by atoms with Gasteiger partial charge in [0.2, 0.25) is 0 Å². The van der Waals surface area contributed by atoms with E-state index in [1.807, 2.05) is 0 Å². The van der Waals surface area contributed by atoms with Gasteiger partial charge in [0.1, 0.15) is 5.82 Å². The Kier molecular flexibility index (Phi) is 2.10. The van der Waals surface area contributed by atoms with Crippen LogP contribution < -0.4 is 0 Å². The summed E-state index contributed by atoms with van der Waals surface area (Å²) in [7, 11) is 0. The van der Waals surface area contributed by atoms with Crippen LogP contribution in [0.15, 0.2) is 12.3 Å². The molecule has 1 heterocycles. The molecule has 0 aliphatic heterocycles. The van der Waals surface area contributed by atoms with E-state index in [1.54, 1.807) is 6.20 Å². The molecule has 0 saturated carbocycles. The maximum Gasteiger partial charge on any atom is 0.143 e. The summed E-state index contributed by atoms with van der Waals surface area (Å²) in [6, 6.07) is 1.46. The number of hydrogen-bond acceptors (Lipinski definition) is 0. The first-order valence-electron chi connectivity index (χ1n) is 3.52. The minimum absolute atomic E-state index is 0.117. The van der Waals surface area contributed by atoms with Crippen molar-refractivity contribution in [1.29, 1.82) is 0 Å². The Balaban J connectivity index is 2.65. The third-order valence-electron chi connectivity index (χ3n) is 1.39. The maximum absolute atomic E-state index is 12.7. The predicted molar refractivity (Wildman–Crippen MR) is 39.3 cm³/mol. The quantitative estimate of drug-likeness (QED) is 0.650. The Hall–Kier alpha value is -0.790. The molecule has 0 fully saturated rings. The molecule has 0 aliphatic carbocycles. The second kappa shape index (κ2) is 2.86. The average Bonchev–Trinajstić information content (AvgIpc) is 2.15. The predicted octanol–water partition coefficient (Wildman–Crippen LogP) is 2.35. The first-order valence-corrected chi connectivity index (χ1v) is 3.52. The average molecular weight is 141 g/mol. The zero-order chi connectivity index (χ0) is 7.56. The summed E-state index contributed by atoms with van der Waals surface area (Å²) >= 11 is 0. The molecule has 0 saturated heterocycles. The largest absolute Gasteiger partial charge is 0.363 e. The first kappa shape index (κ1) is 7.32. The van der Waals surface area contributed by atoms with Gasteiger partial charge in [-0.05, 0) is 18.4 Å². The molecule has 1 aromatic rings. The van der Waals surface area contributed by atoms with Crippen LogP contribution in [0.3, 0.4) is 0 Å². The fourth-order valence-electron chi connectivity index (χ4n) is 0.950. The molecule has 56 valence electrons. The first-order chi connectivity index (χ1) is 4.70. The van der Waals surface area contributed by atoms with Crippen molar-refractivity contribution in [3.63, 3.8) is 0 Å². The molecule has 1 N–H and O–H groups in total. The van der Waals surface area contributed by atoms with E-state index >= 15 is 0 Å². The van der Waals surface area contributed by atoms with Crippen molar-refractivity contribution in [2.45, 2.75) is 20.3 Å². The molecule has 0 aromatic carbocycles. The normalized spacial score (nSPS) is 10.8. The highest BCUT2D eigenvalue weighted by Crippen LogP contribution is 2.09. The Morgan fingerprint density at radius 1 is 1.60 bits per heavy atom. The smallest absolute Gasteiger partial charge is 0.143 e. The fourth-order valence-corrected chi connectivity index (χ4v) is 0.950. The van der Waals surface area contributed by atoms with Crippen molar-refractivity contribution in [3.8, 4) is 0 Å². The molecule has 0 aliphatic rings. The summed E-state index contributed by atoms with van der Waals surface area (Å²) in [6.07, 6.45) is 2.42. The van der Waals surface area contributed by atoms with Gasteiger partial charge >= 0.3 is 0 Å². The molecule has 1 nitrogen and oxygen atoms in total. The minimum atomic E-state index is -0.117. The van der Waals surface area contributed by atoms with Crippen LogP contribution in [-0.4, -0.2) is 4.98 Å². The molecule has 0 bridgehead atoms. The van der Waals surface area contributed by atoms with Crippen molar-refractivity contribution in [3.05, 3.63) is 23.8 Å². The summed E-state index contributed by atoms with van der Waals surface area (Å²) in [4.78, 5) is 2.86. The summed E-state index contributed by atoms with van der Waals surface area (Å²) in [5.74, 6) is 0.391.